The normalized spacial score (nSPS) is 10.4. The van der Waals surface area contributed by atoms with Crippen molar-refractivity contribution in [2.24, 2.45) is 0 Å². The molecule has 0 saturated heterocycles. The lowest BCUT2D eigenvalue weighted by Crippen LogP contribution is -2.07. The van der Waals surface area contributed by atoms with E-state index >= 15 is 0 Å². The lowest BCUT2D eigenvalue weighted by molar-refractivity contribution is 0.354. The number of nitrogens with zero attached hydrogens (tertiary/aromatic N) is 2. The quantitative estimate of drug-likeness (QED) is 0.608. The third-order valence-corrected chi connectivity index (χ3v) is 4.32. The molecule has 6 nitrogen and oxygen atoms in total. The van der Waals surface area contributed by atoms with Crippen LogP contribution in [-0.4, -0.2) is 24.2 Å². The molecule has 0 atom stereocenters. The number of anilines is 2. The van der Waals surface area contributed by atoms with Crippen LogP contribution in [0.4, 0.5) is 11.6 Å². The summed E-state index contributed by atoms with van der Waals surface area (Å²) in [6, 6.07) is 16.2. The van der Waals surface area contributed by atoms with Gasteiger partial charge in [-0.25, -0.2) is 9.97 Å². The van der Waals surface area contributed by atoms with Gasteiger partial charge in [-0.2, -0.15) is 0 Å². The Bertz CT molecular complexity index is 944. The molecule has 2 N–H and O–H groups in total. The van der Waals surface area contributed by atoms with Crippen LogP contribution in [0.1, 0.15) is 22.5 Å². The molecule has 1 aromatic heterocycles. The molecule has 0 amide bonds. The number of aromatic nitrogens is 2. The Hall–Kier alpha value is -3.28. The van der Waals surface area contributed by atoms with Crippen molar-refractivity contribution in [3.8, 4) is 11.5 Å². The molecule has 0 unspecified atom stereocenters. The minimum Gasteiger partial charge on any atom is -0.493 e. The molecule has 146 valence electrons. The topological polar surface area (TPSA) is 68.3 Å². The van der Waals surface area contributed by atoms with Gasteiger partial charge in [0, 0.05) is 19.2 Å². The van der Waals surface area contributed by atoms with Crippen LogP contribution in [0.2, 0.25) is 0 Å². The molecular formula is C22H26N4O2. The molecular weight excluding hydrogens is 352 g/mol. The number of ether oxygens (including phenoxy) is 2. The first-order valence-electron chi connectivity index (χ1n) is 9.17. The molecule has 6 heteroatoms. The van der Waals surface area contributed by atoms with Crippen molar-refractivity contribution in [1.29, 1.82) is 0 Å². The second-order valence-electron chi connectivity index (χ2n) is 6.57. The lowest BCUT2D eigenvalue weighted by Gasteiger charge is -2.12. The molecule has 0 aliphatic carbocycles. The molecule has 28 heavy (non-hydrogen) atoms. The van der Waals surface area contributed by atoms with Crippen molar-refractivity contribution in [2.45, 2.75) is 26.9 Å². The number of benzene rings is 2. The Morgan fingerprint density at radius 2 is 1.39 bits per heavy atom. The number of rotatable bonds is 8. The van der Waals surface area contributed by atoms with Gasteiger partial charge in [-0.3, -0.25) is 0 Å². The van der Waals surface area contributed by atoms with Gasteiger partial charge in [-0.05, 0) is 37.1 Å². The number of nitrogens with one attached hydrogen (secondary N) is 2. The predicted molar refractivity (Wildman–Crippen MR) is 112 cm³/mol. The van der Waals surface area contributed by atoms with E-state index in [1.54, 1.807) is 14.2 Å². The zero-order chi connectivity index (χ0) is 19.9. The Morgan fingerprint density at radius 3 is 2.00 bits per heavy atom. The third-order valence-electron chi connectivity index (χ3n) is 4.32. The SMILES string of the molecule is COc1ccc(CNc2cc(NCc3cccc(C)c3)nc(C)n2)cc1OC. The molecule has 3 aromatic rings. The molecule has 0 spiro atoms. The number of aryl methyl sites for hydroxylation is 2. The Kier molecular flexibility index (Phi) is 6.32. The summed E-state index contributed by atoms with van der Waals surface area (Å²) in [5.41, 5.74) is 3.54. The van der Waals surface area contributed by atoms with Crippen LogP contribution in [0.15, 0.2) is 48.5 Å². The summed E-state index contributed by atoms with van der Waals surface area (Å²) in [6.45, 7) is 5.31. The Labute approximate surface area is 166 Å². The highest BCUT2D eigenvalue weighted by Gasteiger charge is 2.06. The minimum absolute atomic E-state index is 0.619. The van der Waals surface area contributed by atoms with Crippen molar-refractivity contribution < 1.29 is 9.47 Å². The predicted octanol–water partition coefficient (Wildman–Crippen LogP) is 4.33. The molecule has 0 bridgehead atoms. The number of hydrogen-bond donors (Lipinski definition) is 2. The Balaban J connectivity index is 1.66. The van der Waals surface area contributed by atoms with E-state index in [0.717, 1.165) is 17.2 Å². The van der Waals surface area contributed by atoms with E-state index in [1.807, 2.05) is 31.2 Å². The van der Waals surface area contributed by atoms with E-state index < -0.39 is 0 Å². The minimum atomic E-state index is 0.619. The summed E-state index contributed by atoms with van der Waals surface area (Å²) in [7, 11) is 3.26. The largest absolute Gasteiger partial charge is 0.493 e. The van der Waals surface area contributed by atoms with E-state index in [0.29, 0.717) is 30.4 Å². The zero-order valence-electron chi connectivity index (χ0n) is 16.7. The van der Waals surface area contributed by atoms with E-state index in [2.05, 4.69) is 51.8 Å². The molecule has 3 rings (SSSR count). The number of hydrogen-bond acceptors (Lipinski definition) is 6. The van der Waals surface area contributed by atoms with Gasteiger partial charge in [0.25, 0.3) is 0 Å². The summed E-state index contributed by atoms with van der Waals surface area (Å²) >= 11 is 0. The van der Waals surface area contributed by atoms with Gasteiger partial charge < -0.3 is 20.1 Å². The summed E-state index contributed by atoms with van der Waals surface area (Å²) < 4.78 is 10.6. The highest BCUT2D eigenvalue weighted by molar-refractivity contribution is 5.49. The van der Waals surface area contributed by atoms with Crippen LogP contribution in [0, 0.1) is 13.8 Å². The van der Waals surface area contributed by atoms with Crippen LogP contribution in [0.3, 0.4) is 0 Å². The standard InChI is InChI=1S/C22H26N4O2/c1-15-6-5-7-17(10-15)13-23-21-12-22(26-16(2)25-21)24-14-18-8-9-19(27-3)20(11-18)28-4/h5-12H,13-14H2,1-4H3,(H2,23,24,25,26). The molecule has 0 aliphatic rings. The maximum atomic E-state index is 5.36. The number of methoxy groups -OCH3 is 2. The lowest BCUT2D eigenvalue weighted by atomic mass is 10.1. The molecule has 1 heterocycles. The van der Waals surface area contributed by atoms with Gasteiger partial charge in [0.15, 0.2) is 11.5 Å². The van der Waals surface area contributed by atoms with Gasteiger partial charge in [0.2, 0.25) is 0 Å². The highest BCUT2D eigenvalue weighted by atomic mass is 16.5. The van der Waals surface area contributed by atoms with Gasteiger partial charge in [0.05, 0.1) is 14.2 Å². The second kappa shape index (κ2) is 9.08. The van der Waals surface area contributed by atoms with Crippen molar-refractivity contribution in [2.75, 3.05) is 24.9 Å². The molecule has 0 aliphatic heterocycles. The van der Waals surface area contributed by atoms with Crippen molar-refractivity contribution in [1.82, 2.24) is 9.97 Å². The van der Waals surface area contributed by atoms with Crippen molar-refractivity contribution in [3.63, 3.8) is 0 Å². The summed E-state index contributed by atoms with van der Waals surface area (Å²) in [5, 5.41) is 6.72. The fourth-order valence-electron chi connectivity index (χ4n) is 2.95. The molecule has 2 aromatic carbocycles. The fraction of sp³-hybridized carbons (Fsp3) is 0.273. The highest BCUT2D eigenvalue weighted by Crippen LogP contribution is 2.27. The summed E-state index contributed by atoms with van der Waals surface area (Å²) in [6.07, 6.45) is 0. The monoisotopic (exact) mass is 378 g/mol. The summed E-state index contributed by atoms with van der Waals surface area (Å²) in [4.78, 5) is 8.95. The van der Waals surface area contributed by atoms with Gasteiger partial charge in [-0.15, -0.1) is 0 Å². The van der Waals surface area contributed by atoms with Gasteiger partial charge in [0.1, 0.15) is 17.5 Å². The van der Waals surface area contributed by atoms with Crippen molar-refractivity contribution in [3.05, 3.63) is 71.0 Å². The van der Waals surface area contributed by atoms with E-state index in [4.69, 9.17) is 9.47 Å². The second-order valence-corrected chi connectivity index (χ2v) is 6.57. The van der Waals surface area contributed by atoms with Crippen LogP contribution >= 0.6 is 0 Å². The molecule has 0 radical (unpaired) electrons. The average molecular weight is 378 g/mol. The van der Waals surface area contributed by atoms with Crippen LogP contribution < -0.4 is 20.1 Å². The van der Waals surface area contributed by atoms with E-state index in [1.165, 1.54) is 11.1 Å². The first-order chi connectivity index (χ1) is 13.6. The molecule has 0 saturated carbocycles. The zero-order valence-corrected chi connectivity index (χ0v) is 16.7. The van der Waals surface area contributed by atoms with Gasteiger partial charge >= 0.3 is 0 Å². The third kappa shape index (κ3) is 5.13. The maximum Gasteiger partial charge on any atom is 0.161 e. The van der Waals surface area contributed by atoms with Crippen molar-refractivity contribution >= 4 is 11.6 Å². The molecule has 0 fully saturated rings. The summed E-state index contributed by atoms with van der Waals surface area (Å²) in [5.74, 6) is 3.70. The van der Waals surface area contributed by atoms with E-state index in [9.17, 15) is 0 Å². The first-order valence-corrected chi connectivity index (χ1v) is 9.17. The van der Waals surface area contributed by atoms with Crippen LogP contribution in [0.25, 0.3) is 0 Å². The van der Waals surface area contributed by atoms with E-state index in [-0.39, 0.29) is 0 Å². The first kappa shape index (κ1) is 19.5. The van der Waals surface area contributed by atoms with Gasteiger partial charge in [-0.1, -0.05) is 35.9 Å². The fourth-order valence-corrected chi connectivity index (χ4v) is 2.95. The van der Waals surface area contributed by atoms with Crippen LogP contribution in [0.5, 0.6) is 11.5 Å². The maximum absolute atomic E-state index is 5.36. The Morgan fingerprint density at radius 1 is 0.750 bits per heavy atom. The smallest absolute Gasteiger partial charge is 0.161 e. The van der Waals surface area contributed by atoms with Crippen LogP contribution in [-0.2, 0) is 13.1 Å². The average Bonchev–Trinajstić information content (AvgIpc) is 2.70.